The van der Waals surface area contributed by atoms with Crippen LogP contribution in [-0.2, 0) is 4.74 Å². The lowest BCUT2D eigenvalue weighted by Gasteiger charge is -2.15. The van der Waals surface area contributed by atoms with Gasteiger partial charge in [0.15, 0.2) is 0 Å². The van der Waals surface area contributed by atoms with Crippen LogP contribution in [0.2, 0.25) is 0 Å². The molecule has 2 atom stereocenters. The van der Waals surface area contributed by atoms with Gasteiger partial charge in [0.05, 0.1) is 19.3 Å². The fraction of sp³-hybridized carbons (Fsp3) is 0.417. The Morgan fingerprint density at radius 2 is 1.83 bits per heavy atom. The van der Waals surface area contributed by atoms with Crippen LogP contribution in [0.4, 0.5) is 0 Å². The number of aliphatic hydroxyl groups excluding tert-OH is 3. The highest BCUT2D eigenvalue weighted by atomic mass is 16.5. The van der Waals surface area contributed by atoms with Crippen LogP contribution in [0.3, 0.4) is 0 Å². The smallest absolute Gasteiger partial charge is 0.338 e. The molecule has 1 unspecified atom stereocenters. The summed E-state index contributed by atoms with van der Waals surface area (Å²) in [4.78, 5) is 11.5. The fourth-order valence-electron chi connectivity index (χ4n) is 1.20. The molecule has 0 aliphatic rings. The molecule has 1 rings (SSSR count). The number of carbonyl (C=O) groups excluding carboxylic acids is 1. The Balaban J connectivity index is 2.49. The maximum atomic E-state index is 11.5. The molecule has 0 aliphatic carbocycles. The maximum Gasteiger partial charge on any atom is 0.338 e. The van der Waals surface area contributed by atoms with Crippen LogP contribution in [0.25, 0.3) is 0 Å². The maximum absolute atomic E-state index is 11.5. The predicted octanol–water partition coefficient (Wildman–Crippen LogP) is -0.434. The van der Waals surface area contributed by atoms with Crippen molar-refractivity contribution in [3.63, 3.8) is 0 Å². The third-order valence-corrected chi connectivity index (χ3v) is 2.34. The molecule has 100 valence electrons. The van der Waals surface area contributed by atoms with E-state index < -0.39 is 24.8 Å². The molecule has 0 bridgehead atoms. The van der Waals surface area contributed by atoms with Crippen molar-refractivity contribution in [1.82, 2.24) is 0 Å². The minimum atomic E-state index is -1.33. The molecule has 0 heterocycles. The Morgan fingerprint density at radius 3 is 2.33 bits per heavy atom. The van der Waals surface area contributed by atoms with Crippen molar-refractivity contribution in [1.29, 1.82) is 0 Å². The van der Waals surface area contributed by atoms with E-state index in [1.54, 1.807) is 12.1 Å². The zero-order chi connectivity index (χ0) is 13.5. The molecule has 6 heteroatoms. The van der Waals surface area contributed by atoms with Crippen LogP contribution >= 0.6 is 0 Å². The molecular weight excluding hydrogens is 240 g/mol. The van der Waals surface area contributed by atoms with Gasteiger partial charge in [0.2, 0.25) is 0 Å². The van der Waals surface area contributed by atoms with Gasteiger partial charge in [-0.3, -0.25) is 0 Å². The van der Waals surface area contributed by atoms with Crippen LogP contribution in [-0.4, -0.2) is 53.8 Å². The number of rotatable bonds is 6. The largest absolute Gasteiger partial charge is 0.497 e. The van der Waals surface area contributed by atoms with E-state index in [0.29, 0.717) is 11.3 Å². The highest BCUT2D eigenvalue weighted by Gasteiger charge is 2.17. The minimum absolute atomic E-state index is 0.307. The molecule has 1 aromatic rings. The highest BCUT2D eigenvalue weighted by Crippen LogP contribution is 2.12. The summed E-state index contributed by atoms with van der Waals surface area (Å²) in [5, 5.41) is 26.9. The monoisotopic (exact) mass is 256 g/mol. The van der Waals surface area contributed by atoms with Crippen molar-refractivity contribution in [3.05, 3.63) is 29.8 Å². The number of hydrogen-bond donors (Lipinski definition) is 3. The van der Waals surface area contributed by atoms with Crippen molar-refractivity contribution in [3.8, 4) is 5.75 Å². The number of esters is 1. The zero-order valence-corrected chi connectivity index (χ0v) is 9.94. The fourth-order valence-corrected chi connectivity index (χ4v) is 1.20. The van der Waals surface area contributed by atoms with Gasteiger partial charge in [0.25, 0.3) is 0 Å². The molecule has 0 fully saturated rings. The number of hydrogen-bond acceptors (Lipinski definition) is 6. The van der Waals surface area contributed by atoms with Gasteiger partial charge < -0.3 is 24.8 Å². The van der Waals surface area contributed by atoms with E-state index >= 15 is 0 Å². The SMILES string of the molecule is COc1ccc(C(=O)OCC(O)[C@H](O)CO)cc1. The van der Waals surface area contributed by atoms with Crippen LogP contribution in [0.5, 0.6) is 5.75 Å². The van der Waals surface area contributed by atoms with Gasteiger partial charge in [0.1, 0.15) is 24.6 Å². The first-order valence-corrected chi connectivity index (χ1v) is 5.36. The van der Waals surface area contributed by atoms with Gasteiger partial charge in [-0.25, -0.2) is 4.79 Å². The van der Waals surface area contributed by atoms with Gasteiger partial charge >= 0.3 is 5.97 Å². The standard InChI is InChI=1S/C12H16O6/c1-17-9-4-2-8(3-5-9)12(16)18-7-11(15)10(14)6-13/h2-5,10-11,13-15H,6-7H2,1H3/t10-,11?/m1/s1. The Hall–Kier alpha value is -1.63. The first kappa shape index (κ1) is 14.4. The predicted molar refractivity (Wildman–Crippen MR) is 62.4 cm³/mol. The summed E-state index contributed by atoms with van der Waals surface area (Å²) in [6, 6.07) is 6.26. The van der Waals surface area contributed by atoms with Gasteiger partial charge in [-0.1, -0.05) is 0 Å². The third-order valence-electron chi connectivity index (χ3n) is 2.34. The van der Waals surface area contributed by atoms with E-state index in [0.717, 1.165) is 0 Å². The summed E-state index contributed by atoms with van der Waals surface area (Å²) >= 11 is 0. The summed E-state index contributed by atoms with van der Waals surface area (Å²) < 4.78 is 9.73. The molecular formula is C12H16O6. The van der Waals surface area contributed by atoms with E-state index in [-0.39, 0.29) is 6.61 Å². The average Bonchev–Trinajstić information content (AvgIpc) is 2.43. The highest BCUT2D eigenvalue weighted by molar-refractivity contribution is 5.89. The lowest BCUT2D eigenvalue weighted by atomic mass is 10.2. The first-order chi connectivity index (χ1) is 8.58. The van der Waals surface area contributed by atoms with Gasteiger partial charge in [-0.2, -0.15) is 0 Å². The van der Waals surface area contributed by atoms with Gasteiger partial charge in [0, 0.05) is 0 Å². The molecule has 0 amide bonds. The molecule has 0 aliphatic heterocycles. The Labute approximate surface area is 104 Å². The van der Waals surface area contributed by atoms with Crippen LogP contribution < -0.4 is 4.74 Å². The quantitative estimate of drug-likeness (QED) is 0.597. The van der Waals surface area contributed by atoms with E-state index in [4.69, 9.17) is 19.7 Å². The number of carbonyl (C=O) groups is 1. The summed E-state index contributed by atoms with van der Waals surface area (Å²) in [5.41, 5.74) is 0.307. The third kappa shape index (κ3) is 3.99. The Bertz CT molecular complexity index is 375. The van der Waals surface area contributed by atoms with Gasteiger partial charge in [-0.05, 0) is 24.3 Å². The van der Waals surface area contributed by atoms with E-state index in [1.165, 1.54) is 19.2 Å². The number of aliphatic hydroxyl groups is 3. The summed E-state index contributed by atoms with van der Waals surface area (Å²) in [6.07, 6.45) is -2.63. The molecule has 0 spiro atoms. The van der Waals surface area contributed by atoms with Crippen molar-refractivity contribution >= 4 is 5.97 Å². The lowest BCUT2D eigenvalue weighted by Crippen LogP contribution is -2.34. The Morgan fingerprint density at radius 1 is 1.22 bits per heavy atom. The number of methoxy groups -OCH3 is 1. The number of ether oxygens (including phenoxy) is 2. The normalized spacial score (nSPS) is 13.8. The van der Waals surface area contributed by atoms with Crippen molar-refractivity contribution in [2.45, 2.75) is 12.2 Å². The molecule has 1 aromatic carbocycles. The lowest BCUT2D eigenvalue weighted by molar-refractivity contribution is -0.0467. The second-order valence-corrected chi connectivity index (χ2v) is 3.64. The van der Waals surface area contributed by atoms with Crippen molar-refractivity contribution in [2.24, 2.45) is 0 Å². The minimum Gasteiger partial charge on any atom is -0.497 e. The zero-order valence-electron chi connectivity index (χ0n) is 9.94. The molecule has 18 heavy (non-hydrogen) atoms. The topological polar surface area (TPSA) is 96.2 Å². The van der Waals surface area contributed by atoms with Crippen molar-refractivity contribution in [2.75, 3.05) is 20.3 Å². The second kappa shape index (κ2) is 6.95. The average molecular weight is 256 g/mol. The molecule has 0 radical (unpaired) electrons. The Kier molecular flexibility index (Phi) is 5.57. The van der Waals surface area contributed by atoms with Crippen LogP contribution in [0.15, 0.2) is 24.3 Å². The van der Waals surface area contributed by atoms with E-state index in [9.17, 15) is 9.90 Å². The molecule has 6 nitrogen and oxygen atoms in total. The molecule has 0 saturated carbocycles. The van der Waals surface area contributed by atoms with E-state index in [2.05, 4.69) is 0 Å². The van der Waals surface area contributed by atoms with Gasteiger partial charge in [-0.15, -0.1) is 0 Å². The summed E-state index contributed by atoms with van der Waals surface area (Å²) in [5.74, 6) is -0.0101. The summed E-state index contributed by atoms with van der Waals surface area (Å²) in [7, 11) is 1.51. The first-order valence-electron chi connectivity index (χ1n) is 5.36. The summed E-state index contributed by atoms with van der Waals surface area (Å²) in [6.45, 7) is -0.978. The number of benzene rings is 1. The molecule has 0 aromatic heterocycles. The molecule has 3 N–H and O–H groups in total. The van der Waals surface area contributed by atoms with Crippen LogP contribution in [0, 0.1) is 0 Å². The molecule has 0 saturated heterocycles. The van der Waals surface area contributed by atoms with Crippen molar-refractivity contribution < 1.29 is 29.6 Å². The van der Waals surface area contributed by atoms with Crippen LogP contribution in [0.1, 0.15) is 10.4 Å². The second-order valence-electron chi connectivity index (χ2n) is 3.64. The van der Waals surface area contributed by atoms with E-state index in [1.807, 2.05) is 0 Å².